The zero-order valence-corrected chi connectivity index (χ0v) is 11.0. The van der Waals surface area contributed by atoms with Gasteiger partial charge in [0.25, 0.3) is 0 Å². The van der Waals surface area contributed by atoms with E-state index in [2.05, 4.69) is 4.90 Å². The molecule has 0 spiro atoms. The summed E-state index contributed by atoms with van der Waals surface area (Å²) in [5.41, 5.74) is 6.09. The first-order valence-electron chi connectivity index (χ1n) is 6.59. The number of hydrogen-bond donors (Lipinski definition) is 3. The maximum absolute atomic E-state index is 9.07. The molecule has 1 aliphatic heterocycles. The molecule has 1 aromatic carbocycles. The number of likely N-dealkylation sites (tertiary alicyclic amines) is 1. The van der Waals surface area contributed by atoms with Crippen LogP contribution in [0.3, 0.4) is 0 Å². The van der Waals surface area contributed by atoms with Crippen LogP contribution in [0.15, 0.2) is 24.3 Å². The number of aliphatic hydroxyl groups is 1. The van der Waals surface area contributed by atoms with Gasteiger partial charge in [0.1, 0.15) is 18.2 Å². The first-order valence-corrected chi connectivity index (χ1v) is 6.59. The Balaban J connectivity index is 1.72. The van der Waals surface area contributed by atoms with Crippen molar-refractivity contribution >= 4 is 5.84 Å². The van der Waals surface area contributed by atoms with Gasteiger partial charge in [-0.25, -0.2) is 0 Å². The fourth-order valence-corrected chi connectivity index (χ4v) is 2.29. The minimum absolute atomic E-state index is 0.0682. The molecule has 4 N–H and O–H groups in total. The molecule has 0 amide bonds. The second-order valence-electron chi connectivity index (χ2n) is 4.92. The Morgan fingerprint density at radius 1 is 1.42 bits per heavy atom. The van der Waals surface area contributed by atoms with Crippen molar-refractivity contribution in [2.24, 2.45) is 11.7 Å². The van der Waals surface area contributed by atoms with Crippen molar-refractivity contribution in [3.8, 4) is 5.75 Å². The van der Waals surface area contributed by atoms with Gasteiger partial charge in [-0.05, 0) is 43.1 Å². The zero-order valence-electron chi connectivity index (χ0n) is 11.0. The lowest BCUT2D eigenvalue weighted by Gasteiger charge is -2.16. The summed E-state index contributed by atoms with van der Waals surface area (Å²) in [6.07, 6.45) is 1.07. The highest BCUT2D eigenvalue weighted by Gasteiger charge is 2.20. The Labute approximate surface area is 113 Å². The maximum atomic E-state index is 9.07. The van der Waals surface area contributed by atoms with E-state index in [0.717, 1.165) is 31.8 Å². The molecule has 104 valence electrons. The fraction of sp³-hybridized carbons (Fsp3) is 0.500. The number of aliphatic hydroxyl groups excluding tert-OH is 1. The highest BCUT2D eigenvalue weighted by atomic mass is 16.5. The molecule has 2 rings (SSSR count). The van der Waals surface area contributed by atoms with Gasteiger partial charge >= 0.3 is 0 Å². The fourth-order valence-electron chi connectivity index (χ4n) is 2.29. The van der Waals surface area contributed by atoms with Crippen LogP contribution in [0.25, 0.3) is 0 Å². The highest BCUT2D eigenvalue weighted by Crippen LogP contribution is 2.15. The molecule has 0 saturated carbocycles. The van der Waals surface area contributed by atoms with Crippen molar-refractivity contribution in [2.75, 3.05) is 32.8 Å². The van der Waals surface area contributed by atoms with Gasteiger partial charge in [0.2, 0.25) is 0 Å². The second kappa shape index (κ2) is 6.54. The Morgan fingerprint density at radius 2 is 2.16 bits per heavy atom. The minimum atomic E-state index is 0.0682. The van der Waals surface area contributed by atoms with E-state index in [9.17, 15) is 0 Å². The molecule has 1 atom stereocenters. The number of ether oxygens (including phenoxy) is 1. The predicted octanol–water partition coefficient (Wildman–Crippen LogP) is 0.664. The molecule has 1 unspecified atom stereocenters. The first-order chi connectivity index (χ1) is 9.19. The summed E-state index contributed by atoms with van der Waals surface area (Å²) in [6, 6.07) is 7.24. The molecule has 0 aliphatic carbocycles. The van der Waals surface area contributed by atoms with Gasteiger partial charge in [-0.2, -0.15) is 0 Å². The van der Waals surface area contributed by atoms with E-state index < -0.39 is 0 Å². The van der Waals surface area contributed by atoms with Crippen LogP contribution in [0, 0.1) is 11.3 Å². The Morgan fingerprint density at radius 3 is 2.74 bits per heavy atom. The van der Waals surface area contributed by atoms with Crippen LogP contribution in [0.2, 0.25) is 0 Å². The largest absolute Gasteiger partial charge is 0.492 e. The maximum Gasteiger partial charge on any atom is 0.122 e. The first kappa shape index (κ1) is 13.8. The lowest BCUT2D eigenvalue weighted by atomic mass is 10.1. The number of amidine groups is 1. The Hall–Kier alpha value is -1.59. The zero-order chi connectivity index (χ0) is 13.7. The summed E-state index contributed by atoms with van der Waals surface area (Å²) in [6.45, 7) is 3.80. The lowest BCUT2D eigenvalue weighted by molar-refractivity contribution is 0.204. The standard InChI is InChI=1S/C14H21N3O2/c15-14(16)12-1-3-13(4-2-12)19-8-7-17-6-5-11(9-17)10-18/h1-4,11,18H,5-10H2,(H3,15,16). The van der Waals surface area contributed by atoms with E-state index in [1.807, 2.05) is 12.1 Å². The van der Waals surface area contributed by atoms with Gasteiger partial charge in [0.05, 0.1) is 0 Å². The van der Waals surface area contributed by atoms with Gasteiger partial charge in [-0.1, -0.05) is 0 Å². The third-order valence-corrected chi connectivity index (χ3v) is 3.47. The molecular weight excluding hydrogens is 242 g/mol. The predicted molar refractivity (Wildman–Crippen MR) is 74.6 cm³/mol. The molecule has 19 heavy (non-hydrogen) atoms. The third kappa shape index (κ3) is 3.94. The normalized spacial score (nSPS) is 19.5. The quantitative estimate of drug-likeness (QED) is 0.520. The van der Waals surface area contributed by atoms with Crippen LogP contribution in [-0.2, 0) is 0 Å². The van der Waals surface area contributed by atoms with Crippen LogP contribution in [0.1, 0.15) is 12.0 Å². The topological polar surface area (TPSA) is 82.6 Å². The number of hydrogen-bond acceptors (Lipinski definition) is 4. The average molecular weight is 263 g/mol. The third-order valence-electron chi connectivity index (χ3n) is 3.47. The smallest absolute Gasteiger partial charge is 0.122 e. The van der Waals surface area contributed by atoms with Crippen molar-refractivity contribution in [3.63, 3.8) is 0 Å². The SMILES string of the molecule is N=C(N)c1ccc(OCCN2CCC(CO)C2)cc1. The van der Waals surface area contributed by atoms with Crippen molar-refractivity contribution in [1.82, 2.24) is 4.90 Å². The van der Waals surface area contributed by atoms with E-state index in [1.54, 1.807) is 12.1 Å². The van der Waals surface area contributed by atoms with Crippen molar-refractivity contribution in [2.45, 2.75) is 6.42 Å². The van der Waals surface area contributed by atoms with Crippen LogP contribution >= 0.6 is 0 Å². The lowest BCUT2D eigenvalue weighted by Crippen LogP contribution is -2.26. The summed E-state index contributed by atoms with van der Waals surface area (Å²) in [7, 11) is 0. The number of nitrogens with one attached hydrogen (secondary N) is 1. The summed E-state index contributed by atoms with van der Waals surface area (Å²) in [5.74, 6) is 1.29. The summed E-state index contributed by atoms with van der Waals surface area (Å²) in [5, 5.41) is 16.4. The van der Waals surface area contributed by atoms with Crippen molar-refractivity contribution < 1.29 is 9.84 Å². The molecular formula is C14H21N3O2. The minimum Gasteiger partial charge on any atom is -0.492 e. The summed E-state index contributed by atoms with van der Waals surface area (Å²) >= 11 is 0. The van der Waals surface area contributed by atoms with Gasteiger partial charge in [0.15, 0.2) is 0 Å². The Kier molecular flexibility index (Phi) is 4.76. The van der Waals surface area contributed by atoms with Crippen LogP contribution in [-0.4, -0.2) is 48.7 Å². The van der Waals surface area contributed by atoms with Crippen LogP contribution < -0.4 is 10.5 Å². The number of nitrogens with two attached hydrogens (primary N) is 1. The molecule has 0 radical (unpaired) electrons. The monoisotopic (exact) mass is 263 g/mol. The van der Waals surface area contributed by atoms with E-state index in [0.29, 0.717) is 18.1 Å². The second-order valence-corrected chi connectivity index (χ2v) is 4.92. The number of nitrogen functional groups attached to an aromatic ring is 1. The number of benzene rings is 1. The van der Waals surface area contributed by atoms with E-state index in [1.165, 1.54) is 0 Å². The van der Waals surface area contributed by atoms with Gasteiger partial charge < -0.3 is 15.6 Å². The Bertz CT molecular complexity index is 419. The van der Waals surface area contributed by atoms with Crippen molar-refractivity contribution in [1.29, 1.82) is 5.41 Å². The molecule has 1 fully saturated rings. The van der Waals surface area contributed by atoms with Gasteiger partial charge in [-0.3, -0.25) is 10.3 Å². The molecule has 1 aliphatic rings. The molecule has 0 aromatic heterocycles. The summed E-state index contributed by atoms with van der Waals surface area (Å²) < 4.78 is 5.66. The van der Waals surface area contributed by atoms with E-state index >= 15 is 0 Å². The van der Waals surface area contributed by atoms with Crippen molar-refractivity contribution in [3.05, 3.63) is 29.8 Å². The molecule has 1 saturated heterocycles. The van der Waals surface area contributed by atoms with Crippen LogP contribution in [0.4, 0.5) is 0 Å². The highest BCUT2D eigenvalue weighted by molar-refractivity contribution is 5.94. The molecule has 1 heterocycles. The number of nitrogens with zero attached hydrogens (tertiary/aromatic N) is 1. The van der Waals surface area contributed by atoms with E-state index in [4.69, 9.17) is 21.0 Å². The molecule has 1 aromatic rings. The molecule has 5 heteroatoms. The summed E-state index contributed by atoms with van der Waals surface area (Å²) in [4.78, 5) is 2.31. The van der Waals surface area contributed by atoms with Gasteiger partial charge in [-0.15, -0.1) is 0 Å². The molecule has 5 nitrogen and oxygen atoms in total. The molecule has 0 bridgehead atoms. The van der Waals surface area contributed by atoms with Gasteiger partial charge in [0, 0.05) is 25.3 Å². The average Bonchev–Trinajstić information content (AvgIpc) is 2.87. The van der Waals surface area contributed by atoms with E-state index in [-0.39, 0.29) is 12.4 Å². The van der Waals surface area contributed by atoms with Crippen LogP contribution in [0.5, 0.6) is 5.75 Å². The number of rotatable bonds is 6.